The molecule has 1 saturated carbocycles. The van der Waals surface area contributed by atoms with Crippen LogP contribution < -0.4 is 5.32 Å². The van der Waals surface area contributed by atoms with Crippen LogP contribution >= 0.6 is 0 Å². The molecule has 0 spiro atoms. The van der Waals surface area contributed by atoms with E-state index in [2.05, 4.69) is 35.5 Å². The highest BCUT2D eigenvalue weighted by atomic mass is 15.3. The Bertz CT molecular complexity index is 364. The molecule has 4 heteroatoms. The van der Waals surface area contributed by atoms with E-state index < -0.39 is 0 Å². The van der Waals surface area contributed by atoms with E-state index in [4.69, 9.17) is 0 Å². The average molecular weight is 250 g/mol. The van der Waals surface area contributed by atoms with Gasteiger partial charge in [0.05, 0.1) is 5.69 Å². The van der Waals surface area contributed by atoms with E-state index in [0.717, 1.165) is 13.1 Å². The summed E-state index contributed by atoms with van der Waals surface area (Å²) >= 11 is 0. The maximum atomic E-state index is 4.20. The number of hydrogen-bond donors (Lipinski definition) is 1. The van der Waals surface area contributed by atoms with Crippen LogP contribution in [0, 0.1) is 0 Å². The summed E-state index contributed by atoms with van der Waals surface area (Å²) in [6.07, 6.45) is 8.63. The lowest BCUT2D eigenvalue weighted by Crippen LogP contribution is -2.52. The Balaban J connectivity index is 1.88. The molecule has 1 aliphatic carbocycles. The Labute approximate surface area is 110 Å². The zero-order valence-electron chi connectivity index (χ0n) is 11.9. The molecule has 0 aliphatic heterocycles. The summed E-state index contributed by atoms with van der Waals surface area (Å²) < 4.78 is 1.94. The molecule has 1 aromatic rings. The highest BCUT2D eigenvalue weighted by molar-refractivity contribution is 5.00. The molecule has 1 aromatic heterocycles. The Morgan fingerprint density at radius 3 is 2.61 bits per heavy atom. The van der Waals surface area contributed by atoms with Crippen LogP contribution in [-0.4, -0.2) is 40.9 Å². The largest absolute Gasteiger partial charge is 0.309 e. The maximum Gasteiger partial charge on any atom is 0.0518 e. The molecule has 0 atom stereocenters. The quantitative estimate of drug-likeness (QED) is 0.864. The fourth-order valence-corrected chi connectivity index (χ4v) is 2.99. The Kier molecular flexibility index (Phi) is 4.40. The van der Waals surface area contributed by atoms with Gasteiger partial charge in [-0.2, -0.15) is 5.10 Å². The van der Waals surface area contributed by atoms with E-state index in [-0.39, 0.29) is 0 Å². The van der Waals surface area contributed by atoms with Gasteiger partial charge in [0.2, 0.25) is 0 Å². The molecule has 0 amide bonds. The van der Waals surface area contributed by atoms with Gasteiger partial charge in [0.25, 0.3) is 0 Å². The maximum absolute atomic E-state index is 4.20. The van der Waals surface area contributed by atoms with E-state index in [1.54, 1.807) is 0 Å². The zero-order chi connectivity index (χ0) is 13.0. The van der Waals surface area contributed by atoms with Crippen molar-refractivity contribution in [1.29, 1.82) is 0 Å². The highest BCUT2D eigenvalue weighted by Gasteiger charge is 2.33. The van der Waals surface area contributed by atoms with Crippen molar-refractivity contribution in [2.24, 2.45) is 7.05 Å². The molecule has 1 fully saturated rings. The van der Waals surface area contributed by atoms with Gasteiger partial charge < -0.3 is 10.2 Å². The zero-order valence-corrected chi connectivity index (χ0v) is 11.9. The third-order valence-electron chi connectivity index (χ3n) is 4.42. The molecular weight excluding hydrogens is 224 g/mol. The molecule has 1 heterocycles. The molecule has 2 rings (SSSR count). The first-order chi connectivity index (χ1) is 8.64. The summed E-state index contributed by atoms with van der Waals surface area (Å²) in [6.45, 7) is 1.98. The molecular formula is C14H26N4. The van der Waals surface area contributed by atoms with Crippen molar-refractivity contribution in [1.82, 2.24) is 20.0 Å². The third-order valence-corrected chi connectivity index (χ3v) is 4.42. The first-order valence-electron chi connectivity index (χ1n) is 6.99. The van der Waals surface area contributed by atoms with Gasteiger partial charge >= 0.3 is 0 Å². The van der Waals surface area contributed by atoms with Gasteiger partial charge in [-0.05, 0) is 33.0 Å². The van der Waals surface area contributed by atoms with E-state index >= 15 is 0 Å². The summed E-state index contributed by atoms with van der Waals surface area (Å²) in [5.74, 6) is 0. The number of aryl methyl sites for hydroxylation is 1. The standard InChI is InChI=1S/C14H26N4/c1-17(2)14(8-5-4-6-9-14)12-15-11-13-7-10-16-18(13)3/h7,10,15H,4-6,8-9,11-12H2,1-3H3. The van der Waals surface area contributed by atoms with Crippen molar-refractivity contribution in [3.8, 4) is 0 Å². The van der Waals surface area contributed by atoms with Gasteiger partial charge in [-0.15, -0.1) is 0 Å². The molecule has 18 heavy (non-hydrogen) atoms. The minimum Gasteiger partial charge on any atom is -0.309 e. The lowest BCUT2D eigenvalue weighted by atomic mass is 9.80. The van der Waals surface area contributed by atoms with Crippen LogP contribution in [0.2, 0.25) is 0 Å². The van der Waals surface area contributed by atoms with Gasteiger partial charge in [-0.1, -0.05) is 19.3 Å². The van der Waals surface area contributed by atoms with Crippen LogP contribution in [0.25, 0.3) is 0 Å². The molecule has 0 bridgehead atoms. The van der Waals surface area contributed by atoms with Gasteiger partial charge in [0.15, 0.2) is 0 Å². The van der Waals surface area contributed by atoms with Crippen LogP contribution in [0.15, 0.2) is 12.3 Å². The molecule has 0 radical (unpaired) electrons. The summed E-state index contributed by atoms with van der Waals surface area (Å²) in [4.78, 5) is 2.42. The van der Waals surface area contributed by atoms with Crippen molar-refractivity contribution in [2.45, 2.75) is 44.2 Å². The normalized spacial score (nSPS) is 19.3. The lowest BCUT2D eigenvalue weighted by Gasteiger charge is -2.43. The van der Waals surface area contributed by atoms with Gasteiger partial charge in [0.1, 0.15) is 0 Å². The molecule has 1 aliphatic rings. The third kappa shape index (κ3) is 2.93. The number of aromatic nitrogens is 2. The number of likely N-dealkylation sites (N-methyl/N-ethyl adjacent to an activating group) is 1. The van der Waals surface area contributed by atoms with E-state index in [1.165, 1.54) is 37.8 Å². The second kappa shape index (κ2) is 5.85. The fraction of sp³-hybridized carbons (Fsp3) is 0.786. The highest BCUT2D eigenvalue weighted by Crippen LogP contribution is 2.31. The first-order valence-corrected chi connectivity index (χ1v) is 6.99. The van der Waals surface area contributed by atoms with Crippen LogP contribution in [0.3, 0.4) is 0 Å². The number of rotatable bonds is 5. The van der Waals surface area contributed by atoms with Crippen LogP contribution in [0.4, 0.5) is 0 Å². The summed E-state index contributed by atoms with van der Waals surface area (Å²) in [5, 5.41) is 7.82. The van der Waals surface area contributed by atoms with Crippen molar-refractivity contribution < 1.29 is 0 Å². The number of nitrogens with zero attached hydrogens (tertiary/aromatic N) is 3. The van der Waals surface area contributed by atoms with E-state index in [9.17, 15) is 0 Å². The van der Waals surface area contributed by atoms with Crippen LogP contribution in [0.1, 0.15) is 37.8 Å². The fourth-order valence-electron chi connectivity index (χ4n) is 2.99. The molecule has 0 saturated heterocycles. The van der Waals surface area contributed by atoms with Crippen LogP contribution in [-0.2, 0) is 13.6 Å². The minimum absolute atomic E-state index is 0.358. The molecule has 1 N–H and O–H groups in total. The summed E-state index contributed by atoms with van der Waals surface area (Å²) in [6, 6.07) is 2.08. The molecule has 4 nitrogen and oxygen atoms in total. The van der Waals surface area contributed by atoms with Gasteiger partial charge in [-0.25, -0.2) is 0 Å². The Morgan fingerprint density at radius 1 is 1.33 bits per heavy atom. The van der Waals surface area contributed by atoms with Crippen LogP contribution in [0.5, 0.6) is 0 Å². The number of nitrogens with one attached hydrogen (secondary N) is 1. The summed E-state index contributed by atoms with van der Waals surface area (Å²) in [7, 11) is 6.44. The molecule has 102 valence electrons. The second-order valence-corrected chi connectivity index (χ2v) is 5.73. The van der Waals surface area contributed by atoms with Crippen molar-refractivity contribution in [2.75, 3.05) is 20.6 Å². The Hall–Kier alpha value is -0.870. The lowest BCUT2D eigenvalue weighted by molar-refractivity contribution is 0.0982. The number of hydrogen-bond acceptors (Lipinski definition) is 3. The van der Waals surface area contributed by atoms with E-state index in [1.807, 2.05) is 17.9 Å². The van der Waals surface area contributed by atoms with Gasteiger partial charge in [-0.3, -0.25) is 4.68 Å². The Morgan fingerprint density at radius 2 is 2.06 bits per heavy atom. The topological polar surface area (TPSA) is 33.1 Å². The predicted octanol–water partition coefficient (Wildman–Crippen LogP) is 1.77. The minimum atomic E-state index is 0.358. The van der Waals surface area contributed by atoms with Crippen molar-refractivity contribution in [3.63, 3.8) is 0 Å². The van der Waals surface area contributed by atoms with Crippen molar-refractivity contribution >= 4 is 0 Å². The summed E-state index contributed by atoms with van der Waals surface area (Å²) in [5.41, 5.74) is 1.61. The first kappa shape index (κ1) is 13.6. The van der Waals surface area contributed by atoms with Gasteiger partial charge in [0, 0.05) is 31.9 Å². The SMILES string of the molecule is CN(C)C1(CNCc2ccnn2C)CCCCC1. The van der Waals surface area contributed by atoms with E-state index in [0.29, 0.717) is 5.54 Å². The molecule has 0 aromatic carbocycles. The second-order valence-electron chi connectivity index (χ2n) is 5.73. The predicted molar refractivity (Wildman–Crippen MR) is 74.4 cm³/mol. The average Bonchev–Trinajstić information content (AvgIpc) is 2.76. The van der Waals surface area contributed by atoms with Crippen molar-refractivity contribution in [3.05, 3.63) is 18.0 Å². The smallest absolute Gasteiger partial charge is 0.0518 e. The monoisotopic (exact) mass is 250 g/mol. The molecule has 0 unspecified atom stereocenters.